The second kappa shape index (κ2) is 4.66. The number of methoxy groups -OCH3 is 1. The predicted octanol–water partition coefficient (Wildman–Crippen LogP) is 2.63. The van der Waals surface area contributed by atoms with Crippen molar-refractivity contribution in [1.82, 2.24) is 0 Å². The maximum Gasteiger partial charge on any atom is 0.341 e. The molecule has 0 aliphatic carbocycles. The fourth-order valence-electron chi connectivity index (χ4n) is 2.05. The molecule has 4 nitrogen and oxygen atoms in total. The van der Waals surface area contributed by atoms with Crippen molar-refractivity contribution in [3.8, 4) is 0 Å². The highest BCUT2D eigenvalue weighted by Crippen LogP contribution is 2.31. The minimum Gasteiger partial charge on any atom is -0.465 e. The molecule has 2 rings (SSSR count). The molecule has 0 saturated heterocycles. The van der Waals surface area contributed by atoms with E-state index in [1.165, 1.54) is 7.11 Å². The molecular weight excluding hydrogens is 230 g/mol. The van der Waals surface area contributed by atoms with Gasteiger partial charge in [-0.25, -0.2) is 4.79 Å². The van der Waals surface area contributed by atoms with Crippen LogP contribution in [0.25, 0.3) is 17.0 Å². The summed E-state index contributed by atoms with van der Waals surface area (Å²) in [5.41, 5.74) is 8.33. The second-order valence-electron chi connectivity index (χ2n) is 4.03. The monoisotopic (exact) mass is 245 g/mol. The highest BCUT2D eigenvalue weighted by Gasteiger charge is 2.19. The standard InChI is InChI=1S/C14H15NO3/c1-4-9-10-5-8(2)6-11(14(16)17-3)13(10)18-12(9)7-15/h4-6H,1,7,15H2,2-3H3. The van der Waals surface area contributed by atoms with E-state index in [2.05, 4.69) is 6.58 Å². The summed E-state index contributed by atoms with van der Waals surface area (Å²) in [5.74, 6) is 0.201. The molecule has 1 aromatic carbocycles. The van der Waals surface area contributed by atoms with Crippen molar-refractivity contribution in [3.05, 3.63) is 41.2 Å². The lowest BCUT2D eigenvalue weighted by atomic mass is 10.0. The Hall–Kier alpha value is -2.07. The first-order valence-corrected chi connectivity index (χ1v) is 5.59. The Morgan fingerprint density at radius 1 is 1.56 bits per heavy atom. The number of carbonyl (C=O) groups is 1. The fourth-order valence-corrected chi connectivity index (χ4v) is 2.05. The smallest absolute Gasteiger partial charge is 0.341 e. The van der Waals surface area contributed by atoms with Crippen LogP contribution in [0.4, 0.5) is 0 Å². The first kappa shape index (κ1) is 12.4. The number of ether oxygens (including phenoxy) is 1. The summed E-state index contributed by atoms with van der Waals surface area (Å²) in [6.45, 7) is 5.92. The Labute approximate surface area is 105 Å². The van der Waals surface area contributed by atoms with Gasteiger partial charge >= 0.3 is 5.97 Å². The van der Waals surface area contributed by atoms with Crippen LogP contribution in [0.15, 0.2) is 23.1 Å². The molecule has 18 heavy (non-hydrogen) atoms. The molecule has 0 amide bonds. The highest BCUT2D eigenvalue weighted by molar-refractivity contribution is 6.04. The third-order valence-corrected chi connectivity index (χ3v) is 2.84. The number of hydrogen-bond acceptors (Lipinski definition) is 4. The van der Waals surface area contributed by atoms with Crippen molar-refractivity contribution in [3.63, 3.8) is 0 Å². The number of benzene rings is 1. The number of furan rings is 1. The summed E-state index contributed by atoms with van der Waals surface area (Å²) in [6, 6.07) is 3.69. The average Bonchev–Trinajstić information content (AvgIpc) is 2.74. The van der Waals surface area contributed by atoms with Crippen LogP contribution in [-0.4, -0.2) is 13.1 Å². The van der Waals surface area contributed by atoms with Gasteiger partial charge in [-0.2, -0.15) is 0 Å². The van der Waals surface area contributed by atoms with E-state index in [-0.39, 0.29) is 6.54 Å². The predicted molar refractivity (Wildman–Crippen MR) is 70.3 cm³/mol. The molecule has 0 atom stereocenters. The van der Waals surface area contributed by atoms with Crippen LogP contribution in [-0.2, 0) is 11.3 Å². The van der Waals surface area contributed by atoms with Gasteiger partial charge in [-0.1, -0.05) is 12.7 Å². The molecule has 2 aromatic rings. The highest BCUT2D eigenvalue weighted by atomic mass is 16.5. The lowest BCUT2D eigenvalue weighted by Crippen LogP contribution is -2.01. The lowest BCUT2D eigenvalue weighted by Gasteiger charge is -2.02. The molecule has 0 aliphatic rings. The van der Waals surface area contributed by atoms with Crippen LogP contribution in [0.2, 0.25) is 0 Å². The average molecular weight is 245 g/mol. The Bertz CT molecular complexity index is 625. The third kappa shape index (κ3) is 1.80. The fraction of sp³-hybridized carbons (Fsp3) is 0.214. The third-order valence-electron chi connectivity index (χ3n) is 2.84. The summed E-state index contributed by atoms with van der Waals surface area (Å²) in [6.07, 6.45) is 1.69. The maximum absolute atomic E-state index is 11.7. The molecule has 1 aromatic heterocycles. The molecule has 0 unspecified atom stereocenters. The van der Waals surface area contributed by atoms with Gasteiger partial charge in [-0.3, -0.25) is 0 Å². The van der Waals surface area contributed by atoms with Crippen molar-refractivity contribution in [2.75, 3.05) is 7.11 Å². The molecule has 4 heteroatoms. The van der Waals surface area contributed by atoms with Crippen molar-refractivity contribution >= 4 is 23.0 Å². The zero-order valence-electron chi connectivity index (χ0n) is 10.4. The number of aryl methyl sites for hydroxylation is 1. The number of nitrogens with two attached hydrogens (primary N) is 1. The number of rotatable bonds is 3. The van der Waals surface area contributed by atoms with Crippen LogP contribution < -0.4 is 5.73 Å². The number of fused-ring (bicyclic) bond motifs is 1. The molecule has 0 aliphatic heterocycles. The minimum atomic E-state index is -0.420. The number of hydrogen-bond donors (Lipinski definition) is 1. The van der Waals surface area contributed by atoms with E-state index in [4.69, 9.17) is 14.9 Å². The van der Waals surface area contributed by atoms with Crippen molar-refractivity contribution in [2.45, 2.75) is 13.5 Å². The molecule has 0 spiro atoms. The second-order valence-corrected chi connectivity index (χ2v) is 4.03. The molecule has 0 saturated carbocycles. The van der Waals surface area contributed by atoms with Gasteiger partial charge in [0.05, 0.1) is 13.7 Å². The van der Waals surface area contributed by atoms with E-state index >= 15 is 0 Å². The SMILES string of the molecule is C=Cc1c(CN)oc2c(C(=O)OC)cc(C)cc12. The maximum atomic E-state index is 11.7. The number of carbonyl (C=O) groups excluding carboxylic acids is 1. The summed E-state index contributed by atoms with van der Waals surface area (Å²) in [5, 5.41) is 0.839. The molecule has 2 N–H and O–H groups in total. The van der Waals surface area contributed by atoms with Crippen molar-refractivity contribution in [1.29, 1.82) is 0 Å². The van der Waals surface area contributed by atoms with Gasteiger partial charge < -0.3 is 14.9 Å². The van der Waals surface area contributed by atoms with E-state index in [9.17, 15) is 4.79 Å². The van der Waals surface area contributed by atoms with Gasteiger partial charge in [0.2, 0.25) is 0 Å². The van der Waals surface area contributed by atoms with Crippen LogP contribution in [0.3, 0.4) is 0 Å². The molecule has 0 bridgehead atoms. The zero-order chi connectivity index (χ0) is 13.3. The first-order chi connectivity index (χ1) is 8.62. The Kier molecular flexibility index (Phi) is 3.21. The quantitative estimate of drug-likeness (QED) is 0.844. The van der Waals surface area contributed by atoms with Crippen LogP contribution in [0.1, 0.15) is 27.2 Å². The normalized spacial score (nSPS) is 10.6. The van der Waals surface area contributed by atoms with E-state index in [1.807, 2.05) is 13.0 Å². The minimum absolute atomic E-state index is 0.260. The van der Waals surface area contributed by atoms with Crippen LogP contribution >= 0.6 is 0 Å². The van der Waals surface area contributed by atoms with Gasteiger partial charge in [0, 0.05) is 10.9 Å². The lowest BCUT2D eigenvalue weighted by molar-refractivity contribution is 0.0601. The zero-order valence-corrected chi connectivity index (χ0v) is 10.4. The number of esters is 1. The van der Waals surface area contributed by atoms with Gasteiger partial charge in [-0.05, 0) is 24.6 Å². The van der Waals surface area contributed by atoms with Gasteiger partial charge in [0.1, 0.15) is 16.9 Å². The Morgan fingerprint density at radius 3 is 2.83 bits per heavy atom. The van der Waals surface area contributed by atoms with Crippen molar-refractivity contribution < 1.29 is 13.9 Å². The summed E-state index contributed by atoms with van der Waals surface area (Å²) < 4.78 is 10.4. The van der Waals surface area contributed by atoms with E-state index < -0.39 is 5.97 Å². The van der Waals surface area contributed by atoms with Gasteiger partial charge in [0.15, 0.2) is 0 Å². The largest absolute Gasteiger partial charge is 0.465 e. The van der Waals surface area contributed by atoms with Crippen molar-refractivity contribution in [2.24, 2.45) is 5.73 Å². The van der Waals surface area contributed by atoms with Gasteiger partial charge in [0.25, 0.3) is 0 Å². The summed E-state index contributed by atoms with van der Waals surface area (Å²) >= 11 is 0. The molecular formula is C14H15NO3. The van der Waals surface area contributed by atoms with Gasteiger partial charge in [-0.15, -0.1) is 0 Å². The van der Waals surface area contributed by atoms with E-state index in [1.54, 1.807) is 12.1 Å². The summed E-state index contributed by atoms with van der Waals surface area (Å²) in [7, 11) is 1.34. The molecule has 1 heterocycles. The molecule has 0 fully saturated rings. The Morgan fingerprint density at radius 2 is 2.28 bits per heavy atom. The van der Waals surface area contributed by atoms with E-state index in [0.29, 0.717) is 16.9 Å². The molecule has 0 radical (unpaired) electrons. The van der Waals surface area contributed by atoms with E-state index in [0.717, 1.165) is 16.5 Å². The van der Waals surface area contributed by atoms with Crippen LogP contribution in [0, 0.1) is 6.92 Å². The van der Waals surface area contributed by atoms with Crippen LogP contribution in [0.5, 0.6) is 0 Å². The summed E-state index contributed by atoms with van der Waals surface area (Å²) in [4.78, 5) is 11.7. The topological polar surface area (TPSA) is 65.5 Å². The Balaban J connectivity index is 2.84. The first-order valence-electron chi connectivity index (χ1n) is 5.59. The molecule has 94 valence electrons.